The first-order valence-corrected chi connectivity index (χ1v) is 7.73. The lowest BCUT2D eigenvalue weighted by Crippen LogP contribution is -2.36. The van der Waals surface area contributed by atoms with E-state index in [9.17, 15) is 9.59 Å². The van der Waals surface area contributed by atoms with Crippen molar-refractivity contribution < 1.29 is 9.59 Å². The molecule has 1 fully saturated rings. The van der Waals surface area contributed by atoms with Gasteiger partial charge in [-0.15, -0.1) is 0 Å². The Balaban J connectivity index is 1.68. The molecule has 0 spiro atoms. The maximum atomic E-state index is 12.2. The minimum Gasteiger partial charge on any atom is -0.316 e. The smallest absolute Gasteiger partial charge is 0.316 e. The van der Waals surface area contributed by atoms with E-state index in [1.165, 1.54) is 20.9 Å². The predicted molar refractivity (Wildman–Crippen MR) is 80.9 cm³/mol. The van der Waals surface area contributed by atoms with Crippen LogP contribution in [0, 0.1) is 5.92 Å². The van der Waals surface area contributed by atoms with E-state index in [4.69, 9.17) is 0 Å². The highest BCUT2D eigenvalue weighted by atomic mass is 16.2. The first-order chi connectivity index (χ1) is 10.1. The summed E-state index contributed by atoms with van der Waals surface area (Å²) in [4.78, 5) is 27.3. The second kappa shape index (κ2) is 5.51. The molecular formula is C17H22N2O2. The summed E-state index contributed by atoms with van der Waals surface area (Å²) in [5.74, 6) is 0.355. The molecule has 4 nitrogen and oxygen atoms in total. The van der Waals surface area contributed by atoms with Gasteiger partial charge in [0.15, 0.2) is 0 Å². The molecule has 1 aromatic carbocycles. The van der Waals surface area contributed by atoms with Crippen LogP contribution in [0.4, 0.5) is 4.79 Å². The highest BCUT2D eigenvalue weighted by Gasteiger charge is 2.40. The molecule has 1 heterocycles. The van der Waals surface area contributed by atoms with Crippen LogP contribution >= 0.6 is 0 Å². The van der Waals surface area contributed by atoms with E-state index >= 15 is 0 Å². The zero-order chi connectivity index (χ0) is 15.0. The Morgan fingerprint density at radius 3 is 2.14 bits per heavy atom. The fourth-order valence-corrected chi connectivity index (χ4v) is 3.36. The number of carbonyl (C=O) groups is 2. The third-order valence-electron chi connectivity index (χ3n) is 4.94. The number of carbonyl (C=O) groups excluding carboxylic acids is 2. The molecule has 4 heteroatoms. The minimum atomic E-state index is -0.319. The number of likely N-dealkylation sites (N-methyl/N-ethyl adjacent to an activating group) is 1. The average molecular weight is 286 g/mol. The van der Waals surface area contributed by atoms with Crippen LogP contribution in [-0.2, 0) is 17.6 Å². The largest absolute Gasteiger partial charge is 0.327 e. The normalized spacial score (nSPS) is 23.4. The molecule has 0 bridgehead atoms. The van der Waals surface area contributed by atoms with Gasteiger partial charge in [0.05, 0.1) is 0 Å². The highest BCUT2D eigenvalue weighted by Crippen LogP contribution is 2.27. The third kappa shape index (κ3) is 2.55. The quantitative estimate of drug-likeness (QED) is 0.619. The fraction of sp³-hybridized carbons (Fsp3) is 0.529. The van der Waals surface area contributed by atoms with E-state index in [2.05, 4.69) is 24.3 Å². The van der Waals surface area contributed by atoms with E-state index in [0.717, 1.165) is 25.7 Å². The number of nitrogens with zero attached hydrogens (tertiary/aromatic N) is 2. The average Bonchev–Trinajstić information content (AvgIpc) is 2.68. The second-order valence-corrected chi connectivity index (χ2v) is 6.23. The van der Waals surface area contributed by atoms with Crippen molar-refractivity contribution in [3.8, 4) is 0 Å². The van der Waals surface area contributed by atoms with Crippen molar-refractivity contribution in [3.05, 3.63) is 35.4 Å². The van der Waals surface area contributed by atoms with Crippen molar-refractivity contribution in [3.63, 3.8) is 0 Å². The van der Waals surface area contributed by atoms with Crippen LogP contribution in [0.15, 0.2) is 24.3 Å². The Bertz CT molecular complexity index is 523. The maximum absolute atomic E-state index is 12.2. The van der Waals surface area contributed by atoms with Crippen LogP contribution in [-0.4, -0.2) is 41.4 Å². The van der Waals surface area contributed by atoms with Crippen LogP contribution in [0.2, 0.25) is 0 Å². The van der Waals surface area contributed by atoms with Gasteiger partial charge < -0.3 is 4.90 Å². The number of aryl methyl sites for hydroxylation is 2. The molecule has 2 aliphatic rings. The lowest BCUT2D eigenvalue weighted by molar-refractivity contribution is -0.128. The lowest BCUT2D eigenvalue weighted by atomic mass is 9.99. The van der Waals surface area contributed by atoms with Gasteiger partial charge in [-0.25, -0.2) is 4.79 Å². The van der Waals surface area contributed by atoms with E-state index in [-0.39, 0.29) is 18.0 Å². The number of urea groups is 1. The molecule has 0 N–H and O–H groups in total. The molecule has 1 aromatic rings. The van der Waals surface area contributed by atoms with Crippen molar-refractivity contribution >= 4 is 11.9 Å². The Morgan fingerprint density at radius 1 is 1.10 bits per heavy atom. The van der Waals surface area contributed by atoms with Crippen LogP contribution in [0.1, 0.15) is 30.9 Å². The second-order valence-electron chi connectivity index (χ2n) is 6.23. The molecule has 0 unspecified atom stereocenters. The van der Waals surface area contributed by atoms with E-state index < -0.39 is 0 Å². The van der Waals surface area contributed by atoms with Crippen LogP contribution in [0.25, 0.3) is 0 Å². The van der Waals surface area contributed by atoms with Crippen molar-refractivity contribution in [1.82, 2.24) is 9.80 Å². The summed E-state index contributed by atoms with van der Waals surface area (Å²) in [7, 11) is 1.70. The third-order valence-corrected chi connectivity index (χ3v) is 4.94. The summed E-state index contributed by atoms with van der Waals surface area (Å²) in [6, 6.07) is 8.10. The SMILES string of the molecule is C[C@H]1C(=O)N(CC2CCc3ccccc3CC2)C(=O)N1C. The van der Waals surface area contributed by atoms with Crippen molar-refractivity contribution in [2.75, 3.05) is 13.6 Å². The van der Waals surface area contributed by atoms with Gasteiger partial charge in [-0.3, -0.25) is 9.69 Å². The topological polar surface area (TPSA) is 40.6 Å². The number of hydrogen-bond acceptors (Lipinski definition) is 2. The van der Waals surface area contributed by atoms with Gasteiger partial charge >= 0.3 is 6.03 Å². The molecule has 0 saturated carbocycles. The monoisotopic (exact) mass is 286 g/mol. The summed E-state index contributed by atoms with van der Waals surface area (Å²) in [5, 5.41) is 0. The first-order valence-electron chi connectivity index (χ1n) is 7.73. The standard InChI is InChI=1S/C17H22N2O2/c1-12-16(20)19(17(21)18(12)2)11-13-7-9-14-5-3-4-6-15(14)10-8-13/h3-6,12-13H,7-11H2,1-2H3/t12-/m0/s1. The number of benzene rings is 1. The molecule has 3 rings (SSSR count). The summed E-state index contributed by atoms with van der Waals surface area (Å²) >= 11 is 0. The van der Waals surface area contributed by atoms with Crippen LogP contribution in [0.3, 0.4) is 0 Å². The van der Waals surface area contributed by atoms with E-state index in [1.54, 1.807) is 14.0 Å². The molecule has 1 aliphatic heterocycles. The molecular weight excluding hydrogens is 264 g/mol. The van der Waals surface area contributed by atoms with Gasteiger partial charge in [0.2, 0.25) is 0 Å². The summed E-state index contributed by atoms with van der Waals surface area (Å²) in [5.41, 5.74) is 2.84. The van der Waals surface area contributed by atoms with E-state index in [0.29, 0.717) is 12.5 Å². The number of hydrogen-bond donors (Lipinski definition) is 0. The fourth-order valence-electron chi connectivity index (χ4n) is 3.36. The molecule has 1 saturated heterocycles. The van der Waals surface area contributed by atoms with Crippen LogP contribution < -0.4 is 0 Å². The summed E-state index contributed by atoms with van der Waals surface area (Å²) < 4.78 is 0. The maximum Gasteiger partial charge on any atom is 0.327 e. The zero-order valence-corrected chi connectivity index (χ0v) is 12.7. The van der Waals surface area contributed by atoms with Gasteiger partial charge in [0, 0.05) is 13.6 Å². The number of fused-ring (bicyclic) bond motifs is 1. The number of imide groups is 1. The highest BCUT2D eigenvalue weighted by molar-refractivity contribution is 6.03. The molecule has 1 atom stereocenters. The van der Waals surface area contributed by atoms with Crippen molar-refractivity contribution in [1.29, 1.82) is 0 Å². The number of amides is 3. The van der Waals surface area contributed by atoms with Gasteiger partial charge in [0.1, 0.15) is 6.04 Å². The molecule has 21 heavy (non-hydrogen) atoms. The number of rotatable bonds is 2. The van der Waals surface area contributed by atoms with Gasteiger partial charge in [-0.05, 0) is 49.7 Å². The Labute approximate surface area is 125 Å². The molecule has 0 aromatic heterocycles. The zero-order valence-electron chi connectivity index (χ0n) is 12.7. The molecule has 1 aliphatic carbocycles. The Kier molecular flexibility index (Phi) is 3.70. The minimum absolute atomic E-state index is 0.0516. The molecule has 112 valence electrons. The lowest BCUT2D eigenvalue weighted by Gasteiger charge is -2.20. The molecule has 0 radical (unpaired) electrons. The van der Waals surface area contributed by atoms with E-state index in [1.807, 2.05) is 0 Å². The van der Waals surface area contributed by atoms with Gasteiger partial charge in [0.25, 0.3) is 5.91 Å². The van der Waals surface area contributed by atoms with Crippen molar-refractivity contribution in [2.24, 2.45) is 5.92 Å². The van der Waals surface area contributed by atoms with Gasteiger partial charge in [-0.1, -0.05) is 24.3 Å². The van der Waals surface area contributed by atoms with Crippen LogP contribution in [0.5, 0.6) is 0 Å². The predicted octanol–water partition coefficient (Wildman–Crippen LogP) is 2.46. The summed E-state index contributed by atoms with van der Waals surface area (Å²) in [6.07, 6.45) is 4.18. The Hall–Kier alpha value is -1.84. The summed E-state index contributed by atoms with van der Waals surface area (Å²) in [6.45, 7) is 2.36. The van der Waals surface area contributed by atoms with Crippen molar-refractivity contribution in [2.45, 2.75) is 38.6 Å². The molecule has 3 amide bonds. The van der Waals surface area contributed by atoms with Gasteiger partial charge in [-0.2, -0.15) is 0 Å². The first kappa shape index (κ1) is 14.1. The Morgan fingerprint density at radius 2 is 1.67 bits per heavy atom.